The lowest BCUT2D eigenvalue weighted by Crippen LogP contribution is -2.28. The molecule has 1 aliphatic heterocycles. The number of nitrogens with zero attached hydrogens (tertiary/aromatic N) is 3. The van der Waals surface area contributed by atoms with Crippen LogP contribution in [0, 0.1) is 11.8 Å². The van der Waals surface area contributed by atoms with Gasteiger partial charge in [0.1, 0.15) is 11.3 Å². The van der Waals surface area contributed by atoms with Gasteiger partial charge in [-0.3, -0.25) is 14.6 Å². The average molecular weight is 495 g/mol. The van der Waals surface area contributed by atoms with E-state index in [2.05, 4.69) is 30.9 Å². The van der Waals surface area contributed by atoms with Crippen molar-refractivity contribution in [3.8, 4) is 5.88 Å². The fraction of sp³-hybridized carbons (Fsp3) is 0.375. The zero-order valence-electron chi connectivity index (χ0n) is 19.2. The van der Waals surface area contributed by atoms with Crippen molar-refractivity contribution in [3.05, 3.63) is 42.2 Å². The van der Waals surface area contributed by atoms with Gasteiger partial charge in [-0.15, -0.1) is 11.8 Å². The highest BCUT2D eigenvalue weighted by atomic mass is 32.2. The number of aromatic nitrogens is 3. The molecule has 35 heavy (non-hydrogen) atoms. The summed E-state index contributed by atoms with van der Waals surface area (Å²) in [5.41, 5.74) is 2.59. The highest BCUT2D eigenvalue weighted by molar-refractivity contribution is 8.00. The molecule has 2 amide bonds. The maximum Gasteiger partial charge on any atom is 0.235 e. The first kappa shape index (κ1) is 23.5. The number of anilines is 2. The molecule has 0 saturated heterocycles. The van der Waals surface area contributed by atoms with Gasteiger partial charge in [0.15, 0.2) is 0 Å². The Balaban J connectivity index is 1.17. The summed E-state index contributed by atoms with van der Waals surface area (Å²) in [6.45, 7) is 1.06. The van der Waals surface area contributed by atoms with E-state index in [4.69, 9.17) is 4.74 Å². The van der Waals surface area contributed by atoms with Crippen LogP contribution in [0.3, 0.4) is 0 Å². The van der Waals surface area contributed by atoms with Crippen molar-refractivity contribution in [2.75, 3.05) is 30.0 Å². The van der Waals surface area contributed by atoms with Crippen LogP contribution in [0.1, 0.15) is 18.5 Å². The van der Waals surface area contributed by atoms with Gasteiger partial charge in [0.2, 0.25) is 17.7 Å². The first-order valence-electron chi connectivity index (χ1n) is 11.4. The minimum Gasteiger partial charge on any atom is -0.481 e. The quantitative estimate of drug-likeness (QED) is 0.389. The molecule has 0 aromatic carbocycles. The molecule has 10 nitrogen and oxygen atoms in total. The zero-order chi connectivity index (χ0) is 24.4. The number of pyridine rings is 3. The Bertz CT molecular complexity index is 1270. The van der Waals surface area contributed by atoms with E-state index >= 15 is 0 Å². The summed E-state index contributed by atoms with van der Waals surface area (Å²) in [6, 6.07) is 9.12. The van der Waals surface area contributed by atoms with Gasteiger partial charge in [0.05, 0.1) is 40.8 Å². The molecule has 0 spiro atoms. The minimum absolute atomic E-state index is 0.0480. The Hall–Kier alpha value is -3.28. The molecule has 3 aromatic heterocycles. The van der Waals surface area contributed by atoms with Crippen LogP contribution in [-0.4, -0.2) is 57.4 Å². The molecule has 2 aliphatic rings. The summed E-state index contributed by atoms with van der Waals surface area (Å²) in [6.07, 6.45) is 2.03. The van der Waals surface area contributed by atoms with Crippen molar-refractivity contribution in [2.24, 2.45) is 11.8 Å². The molecule has 1 fully saturated rings. The minimum atomic E-state index is -0.571. The zero-order valence-corrected chi connectivity index (χ0v) is 20.0. The summed E-state index contributed by atoms with van der Waals surface area (Å²) in [7, 11) is 1.54. The van der Waals surface area contributed by atoms with Crippen LogP contribution in [0.15, 0.2) is 41.4 Å². The van der Waals surface area contributed by atoms with E-state index in [1.165, 1.54) is 18.9 Å². The van der Waals surface area contributed by atoms with Crippen molar-refractivity contribution in [2.45, 2.75) is 30.4 Å². The maximum atomic E-state index is 13.0. The SMILES string of the molecule is COc1ccc2nccc(NC(=O)[C@@H]3CC(O)C(CNCc4ccc5c(n4)NC(=O)CS5)C3)c2n1. The van der Waals surface area contributed by atoms with Crippen molar-refractivity contribution < 1.29 is 19.4 Å². The number of hydrogen-bond donors (Lipinski definition) is 4. The molecule has 0 radical (unpaired) electrons. The van der Waals surface area contributed by atoms with E-state index in [9.17, 15) is 14.7 Å². The van der Waals surface area contributed by atoms with Crippen LogP contribution in [0.2, 0.25) is 0 Å². The molecule has 1 saturated carbocycles. The first-order chi connectivity index (χ1) is 17.0. The number of nitrogens with one attached hydrogen (secondary N) is 3. The van der Waals surface area contributed by atoms with Crippen LogP contribution in [0.5, 0.6) is 5.88 Å². The van der Waals surface area contributed by atoms with E-state index < -0.39 is 6.10 Å². The number of hydrogen-bond acceptors (Lipinski definition) is 9. The standard InChI is InChI=1S/C24H26N6O4S/c1-34-21-5-3-16-22(30-21)17(6-7-26-16)28-24(33)13-8-14(18(31)9-13)10-25-11-15-2-4-19-23(27-15)29-20(32)12-35-19/h2-7,13-14,18,25,31H,8-12H2,1H3,(H,26,28,33)(H,27,29,32)/t13-,14?,18?/m0/s1. The summed E-state index contributed by atoms with van der Waals surface area (Å²) < 4.78 is 5.20. The lowest BCUT2D eigenvalue weighted by Gasteiger charge is -2.17. The lowest BCUT2D eigenvalue weighted by molar-refractivity contribution is -0.120. The normalized spacial score (nSPS) is 21.4. The predicted molar refractivity (Wildman–Crippen MR) is 132 cm³/mol. The maximum absolute atomic E-state index is 13.0. The van der Waals surface area contributed by atoms with Gasteiger partial charge < -0.3 is 25.8 Å². The van der Waals surface area contributed by atoms with Gasteiger partial charge in [-0.05, 0) is 43.0 Å². The molecule has 2 unspecified atom stereocenters. The van der Waals surface area contributed by atoms with Crippen molar-refractivity contribution >= 4 is 46.1 Å². The van der Waals surface area contributed by atoms with E-state index in [1.54, 1.807) is 24.4 Å². The highest BCUT2D eigenvalue weighted by Crippen LogP contribution is 2.33. The molecule has 1 aliphatic carbocycles. The lowest BCUT2D eigenvalue weighted by atomic mass is 10.0. The van der Waals surface area contributed by atoms with Gasteiger partial charge in [0, 0.05) is 31.3 Å². The summed E-state index contributed by atoms with van der Waals surface area (Å²) in [5.74, 6) is 0.895. The Morgan fingerprint density at radius 2 is 2.11 bits per heavy atom. The molecule has 3 atom stereocenters. The van der Waals surface area contributed by atoms with E-state index in [1.807, 2.05) is 12.1 Å². The van der Waals surface area contributed by atoms with Crippen molar-refractivity contribution in [3.63, 3.8) is 0 Å². The third-order valence-corrected chi connectivity index (χ3v) is 7.35. The van der Waals surface area contributed by atoms with E-state index in [-0.39, 0.29) is 23.7 Å². The van der Waals surface area contributed by atoms with Crippen LogP contribution < -0.4 is 20.7 Å². The fourth-order valence-corrected chi connectivity index (χ4v) is 5.24. The van der Waals surface area contributed by atoms with E-state index in [0.29, 0.717) is 60.1 Å². The molecule has 182 valence electrons. The number of aliphatic hydroxyl groups excluding tert-OH is 1. The van der Waals surface area contributed by atoms with Crippen molar-refractivity contribution in [1.82, 2.24) is 20.3 Å². The number of carbonyl (C=O) groups is 2. The molecule has 3 aromatic rings. The second kappa shape index (κ2) is 10.1. The second-order valence-electron chi connectivity index (χ2n) is 8.68. The highest BCUT2D eigenvalue weighted by Gasteiger charge is 2.36. The van der Waals surface area contributed by atoms with Crippen LogP contribution in [-0.2, 0) is 16.1 Å². The summed E-state index contributed by atoms with van der Waals surface area (Å²) in [5, 5.41) is 19.7. The van der Waals surface area contributed by atoms with Gasteiger partial charge in [-0.25, -0.2) is 9.97 Å². The first-order valence-corrected chi connectivity index (χ1v) is 12.4. The van der Waals surface area contributed by atoms with Gasteiger partial charge in [0.25, 0.3) is 0 Å². The molecule has 0 bridgehead atoms. The molecule has 5 rings (SSSR count). The number of ether oxygens (including phenoxy) is 1. The third-order valence-electron chi connectivity index (χ3n) is 6.30. The number of amides is 2. The second-order valence-corrected chi connectivity index (χ2v) is 9.70. The topological polar surface area (TPSA) is 138 Å². The Kier molecular flexibility index (Phi) is 6.80. The molecule has 11 heteroatoms. The third kappa shape index (κ3) is 5.21. The number of thioether (sulfide) groups is 1. The Labute approximate surface area is 206 Å². The van der Waals surface area contributed by atoms with Crippen LogP contribution in [0.25, 0.3) is 11.0 Å². The number of rotatable bonds is 7. The molecule has 4 N–H and O–H groups in total. The van der Waals surface area contributed by atoms with Crippen molar-refractivity contribution in [1.29, 1.82) is 0 Å². The summed E-state index contributed by atoms with van der Waals surface area (Å²) in [4.78, 5) is 38.8. The monoisotopic (exact) mass is 494 g/mol. The number of fused-ring (bicyclic) bond motifs is 2. The molecular weight excluding hydrogens is 468 g/mol. The van der Waals surface area contributed by atoms with Gasteiger partial charge in [-0.1, -0.05) is 0 Å². The smallest absolute Gasteiger partial charge is 0.235 e. The number of aliphatic hydroxyl groups is 1. The molecule has 4 heterocycles. The van der Waals surface area contributed by atoms with Gasteiger partial charge in [-0.2, -0.15) is 0 Å². The Morgan fingerprint density at radius 1 is 1.23 bits per heavy atom. The van der Waals surface area contributed by atoms with Crippen LogP contribution in [0.4, 0.5) is 11.5 Å². The molecular formula is C24H26N6O4S. The van der Waals surface area contributed by atoms with E-state index in [0.717, 1.165) is 10.6 Å². The van der Waals surface area contributed by atoms with Crippen LogP contribution >= 0.6 is 11.8 Å². The predicted octanol–water partition coefficient (Wildman–Crippen LogP) is 2.19. The fourth-order valence-electron chi connectivity index (χ4n) is 4.48. The largest absolute Gasteiger partial charge is 0.481 e. The van der Waals surface area contributed by atoms with Gasteiger partial charge >= 0.3 is 0 Å². The number of carbonyl (C=O) groups excluding carboxylic acids is 2. The number of methoxy groups -OCH3 is 1. The average Bonchev–Trinajstić information content (AvgIpc) is 3.24. The summed E-state index contributed by atoms with van der Waals surface area (Å²) >= 11 is 1.48. The Morgan fingerprint density at radius 3 is 2.97 bits per heavy atom.